The fourth-order valence-electron chi connectivity index (χ4n) is 7.05. The van der Waals surface area contributed by atoms with Gasteiger partial charge in [0, 0.05) is 49.3 Å². The number of benzene rings is 7. The molecule has 7 aromatic carbocycles. The lowest BCUT2D eigenvalue weighted by atomic mass is 10.0. The van der Waals surface area contributed by atoms with Crippen molar-refractivity contribution in [2.75, 3.05) is 0 Å². The van der Waals surface area contributed by atoms with Gasteiger partial charge in [-0.1, -0.05) is 109 Å². The highest BCUT2D eigenvalue weighted by Crippen LogP contribution is 2.41. The van der Waals surface area contributed by atoms with Crippen LogP contribution in [0.3, 0.4) is 0 Å². The Hall–Kier alpha value is -6.59. The Balaban J connectivity index is 1.18. The van der Waals surface area contributed by atoms with E-state index in [1.54, 1.807) is 0 Å². The molecule has 0 amide bonds. The van der Waals surface area contributed by atoms with Crippen molar-refractivity contribution in [2.24, 2.45) is 0 Å². The molecule has 3 aromatic heterocycles. The third-order valence-corrected chi connectivity index (χ3v) is 9.25. The monoisotopic (exact) mass is 614 g/mol. The average molecular weight is 615 g/mol. The quantitative estimate of drug-likeness (QED) is 0.198. The van der Waals surface area contributed by atoms with Crippen molar-refractivity contribution >= 4 is 54.5 Å². The molecule has 224 valence electrons. The maximum absolute atomic E-state index is 6.25. The van der Waals surface area contributed by atoms with Gasteiger partial charge >= 0.3 is 0 Å². The molecule has 0 saturated heterocycles. The van der Waals surface area contributed by atoms with E-state index in [0.29, 0.717) is 17.5 Å². The maximum atomic E-state index is 6.25. The number of hydrogen-bond acceptors (Lipinski definition) is 4. The van der Waals surface area contributed by atoms with Crippen molar-refractivity contribution in [2.45, 2.75) is 0 Å². The number of rotatable bonds is 4. The van der Waals surface area contributed by atoms with E-state index in [4.69, 9.17) is 19.4 Å². The zero-order chi connectivity index (χ0) is 31.6. The molecule has 0 saturated carbocycles. The summed E-state index contributed by atoms with van der Waals surface area (Å²) in [6, 6.07) is 54.4. The van der Waals surface area contributed by atoms with Gasteiger partial charge in [-0.3, -0.25) is 0 Å². The summed E-state index contributed by atoms with van der Waals surface area (Å²) in [5.74, 6) is 1.93. The summed E-state index contributed by atoms with van der Waals surface area (Å²) in [6.07, 6.45) is 0. The van der Waals surface area contributed by atoms with Gasteiger partial charge in [0.25, 0.3) is 0 Å². The van der Waals surface area contributed by atoms with E-state index in [9.17, 15) is 0 Å². The second-order valence-corrected chi connectivity index (χ2v) is 12.0. The van der Waals surface area contributed by atoms with Crippen LogP contribution in [0.25, 0.3) is 94.4 Å². The first-order valence-corrected chi connectivity index (χ1v) is 16.0. The Bertz CT molecular complexity index is 2760. The van der Waals surface area contributed by atoms with Crippen LogP contribution >= 0.6 is 0 Å². The molecule has 0 bridgehead atoms. The second kappa shape index (κ2) is 10.5. The SMILES string of the molecule is c1ccc(-c2nc(-c3ccccc3)nc(-c3ccc(-n4c5ccccc5c5ccc6c(ccc7oc8ccccc8c76)c54)cc3)n2)cc1. The molecule has 0 spiro atoms. The lowest BCUT2D eigenvalue weighted by Crippen LogP contribution is -2.00. The maximum Gasteiger partial charge on any atom is 0.164 e. The van der Waals surface area contributed by atoms with Crippen LogP contribution in [0, 0.1) is 0 Å². The summed E-state index contributed by atoms with van der Waals surface area (Å²) in [7, 11) is 0. The molecule has 0 aliphatic heterocycles. The van der Waals surface area contributed by atoms with Crippen LogP contribution in [-0.2, 0) is 0 Å². The molecule has 0 aliphatic rings. The Morgan fingerprint density at radius 2 is 0.896 bits per heavy atom. The standard InChI is InChI=1S/C43H26N4O/c1-3-11-27(12-4-1)41-44-42(28-13-5-2-6-14-28)46-43(45-41)29-19-21-30(22-20-29)47-36-17-9-7-15-31(36)33-24-23-32-34(40(33)47)25-26-38-39(32)35-16-8-10-18-37(35)48-38/h1-26H. The molecule has 0 fully saturated rings. The number of furan rings is 1. The molecular weight excluding hydrogens is 589 g/mol. The minimum Gasteiger partial charge on any atom is -0.456 e. The third kappa shape index (κ3) is 4.08. The van der Waals surface area contributed by atoms with E-state index in [1.165, 1.54) is 27.1 Å². The van der Waals surface area contributed by atoms with Crippen molar-refractivity contribution in [3.63, 3.8) is 0 Å². The van der Waals surface area contributed by atoms with Gasteiger partial charge in [-0.05, 0) is 53.9 Å². The number of nitrogens with zero attached hydrogens (tertiary/aromatic N) is 4. The first-order valence-electron chi connectivity index (χ1n) is 16.0. The molecule has 0 N–H and O–H groups in total. The summed E-state index contributed by atoms with van der Waals surface area (Å²) in [5, 5.41) is 7.07. The van der Waals surface area contributed by atoms with E-state index in [1.807, 2.05) is 72.8 Å². The van der Waals surface area contributed by atoms with E-state index in [2.05, 4.69) is 89.5 Å². The average Bonchev–Trinajstić information content (AvgIpc) is 3.72. The summed E-state index contributed by atoms with van der Waals surface area (Å²) in [4.78, 5) is 14.7. The van der Waals surface area contributed by atoms with E-state index < -0.39 is 0 Å². The third-order valence-electron chi connectivity index (χ3n) is 9.25. The van der Waals surface area contributed by atoms with Crippen LogP contribution < -0.4 is 0 Å². The van der Waals surface area contributed by atoms with E-state index in [-0.39, 0.29) is 0 Å². The molecular formula is C43H26N4O. The normalized spacial score (nSPS) is 11.8. The Morgan fingerprint density at radius 3 is 1.58 bits per heavy atom. The zero-order valence-electron chi connectivity index (χ0n) is 25.7. The topological polar surface area (TPSA) is 56.7 Å². The van der Waals surface area contributed by atoms with Gasteiger partial charge in [0.2, 0.25) is 0 Å². The summed E-state index contributed by atoms with van der Waals surface area (Å²) in [6.45, 7) is 0. The molecule has 3 heterocycles. The highest BCUT2D eigenvalue weighted by molar-refractivity contribution is 6.26. The van der Waals surface area contributed by atoms with Gasteiger partial charge in [0.15, 0.2) is 17.5 Å². The molecule has 10 aromatic rings. The molecule has 5 heteroatoms. The number of hydrogen-bond donors (Lipinski definition) is 0. The van der Waals surface area contributed by atoms with Crippen LogP contribution in [-0.4, -0.2) is 19.5 Å². The molecule has 0 unspecified atom stereocenters. The first kappa shape index (κ1) is 26.6. The molecule has 5 nitrogen and oxygen atoms in total. The summed E-state index contributed by atoms with van der Waals surface area (Å²) < 4.78 is 8.63. The molecule has 48 heavy (non-hydrogen) atoms. The first-order chi connectivity index (χ1) is 23.8. The van der Waals surface area contributed by atoms with Crippen LogP contribution in [0.4, 0.5) is 0 Å². The van der Waals surface area contributed by atoms with Gasteiger partial charge in [-0.25, -0.2) is 15.0 Å². The fourth-order valence-corrected chi connectivity index (χ4v) is 7.05. The van der Waals surface area contributed by atoms with Crippen molar-refractivity contribution in [1.29, 1.82) is 0 Å². The van der Waals surface area contributed by atoms with Gasteiger partial charge in [-0.15, -0.1) is 0 Å². The largest absolute Gasteiger partial charge is 0.456 e. The number of fused-ring (bicyclic) bond motifs is 9. The predicted molar refractivity (Wildman–Crippen MR) is 195 cm³/mol. The van der Waals surface area contributed by atoms with Crippen molar-refractivity contribution in [3.05, 3.63) is 158 Å². The second-order valence-electron chi connectivity index (χ2n) is 12.0. The highest BCUT2D eigenvalue weighted by Gasteiger charge is 2.19. The Labute approximate surface area is 275 Å². The van der Waals surface area contributed by atoms with E-state index in [0.717, 1.165) is 49.8 Å². The Morgan fingerprint density at radius 1 is 0.375 bits per heavy atom. The molecule has 10 rings (SSSR count). The minimum atomic E-state index is 0.635. The van der Waals surface area contributed by atoms with Crippen molar-refractivity contribution in [1.82, 2.24) is 19.5 Å². The number of aromatic nitrogens is 4. The number of para-hydroxylation sites is 2. The molecule has 0 atom stereocenters. The van der Waals surface area contributed by atoms with Crippen molar-refractivity contribution in [3.8, 4) is 39.9 Å². The molecule has 0 aliphatic carbocycles. The van der Waals surface area contributed by atoms with Crippen LogP contribution in [0.5, 0.6) is 0 Å². The van der Waals surface area contributed by atoms with Crippen molar-refractivity contribution < 1.29 is 4.42 Å². The lowest BCUT2D eigenvalue weighted by Gasteiger charge is -2.12. The van der Waals surface area contributed by atoms with Crippen LogP contribution in [0.2, 0.25) is 0 Å². The van der Waals surface area contributed by atoms with Gasteiger partial charge in [0.1, 0.15) is 11.2 Å². The Kier molecular flexibility index (Phi) is 5.81. The van der Waals surface area contributed by atoms with Crippen LogP contribution in [0.15, 0.2) is 162 Å². The van der Waals surface area contributed by atoms with Crippen LogP contribution in [0.1, 0.15) is 0 Å². The molecule has 0 radical (unpaired) electrons. The minimum absolute atomic E-state index is 0.635. The van der Waals surface area contributed by atoms with Gasteiger partial charge in [0.05, 0.1) is 11.0 Å². The van der Waals surface area contributed by atoms with Gasteiger partial charge in [-0.2, -0.15) is 0 Å². The summed E-state index contributed by atoms with van der Waals surface area (Å²) >= 11 is 0. The zero-order valence-corrected chi connectivity index (χ0v) is 25.7. The predicted octanol–water partition coefficient (Wildman–Crippen LogP) is 11.0. The summed E-state index contributed by atoms with van der Waals surface area (Å²) in [5.41, 5.74) is 8.02. The van der Waals surface area contributed by atoms with E-state index >= 15 is 0 Å². The highest BCUT2D eigenvalue weighted by atomic mass is 16.3. The lowest BCUT2D eigenvalue weighted by molar-refractivity contribution is 0.669. The van der Waals surface area contributed by atoms with Gasteiger partial charge < -0.3 is 8.98 Å². The smallest absolute Gasteiger partial charge is 0.164 e. The fraction of sp³-hybridized carbons (Fsp3) is 0.